The maximum Gasteiger partial charge on any atom is 0.236 e. The molecule has 0 radical (unpaired) electrons. The van der Waals surface area contributed by atoms with Gasteiger partial charge in [0.15, 0.2) is 0 Å². The summed E-state index contributed by atoms with van der Waals surface area (Å²) < 4.78 is 0. The number of hydrogen-bond donors (Lipinski definition) is 0. The molecule has 1 aliphatic heterocycles. The van der Waals surface area contributed by atoms with E-state index in [0.717, 1.165) is 16.9 Å². The van der Waals surface area contributed by atoms with Gasteiger partial charge in [-0.15, -0.1) is 0 Å². The summed E-state index contributed by atoms with van der Waals surface area (Å²) in [6.45, 7) is 0. The largest absolute Gasteiger partial charge is 0.279 e. The molecule has 2 aromatic rings. The normalized spacial score (nSPS) is 14.0. The number of rotatable bonds is 1. The molecular weight excluding hydrogens is 200 g/mol. The van der Waals surface area contributed by atoms with Gasteiger partial charge in [0.05, 0.1) is 18.3 Å². The van der Waals surface area contributed by atoms with Crippen molar-refractivity contribution in [1.82, 2.24) is 4.98 Å². The molecule has 3 heteroatoms. The second-order valence-electron chi connectivity index (χ2n) is 3.75. The average Bonchev–Trinajstić information content (AvgIpc) is 2.66. The smallest absolute Gasteiger partial charge is 0.236 e. The van der Waals surface area contributed by atoms with Gasteiger partial charge in [-0.2, -0.15) is 0 Å². The van der Waals surface area contributed by atoms with Crippen LogP contribution in [0.4, 0.5) is 11.4 Å². The van der Waals surface area contributed by atoms with Gasteiger partial charge in [-0.1, -0.05) is 18.2 Å². The Kier molecular flexibility index (Phi) is 1.96. The number of carbonyl (C=O) groups is 1. The standard InChI is InChI=1S/C13H10N2O/c16-13-8-10-6-7-14-9-12(10)15(13)11-4-2-1-3-5-11/h1-7,9H,8H2. The van der Waals surface area contributed by atoms with Crippen LogP contribution < -0.4 is 4.90 Å². The van der Waals surface area contributed by atoms with Gasteiger partial charge in [0, 0.05) is 11.9 Å². The Morgan fingerprint density at radius 3 is 2.75 bits per heavy atom. The van der Waals surface area contributed by atoms with E-state index in [1.165, 1.54) is 0 Å². The van der Waals surface area contributed by atoms with Gasteiger partial charge in [0.2, 0.25) is 5.91 Å². The molecule has 1 amide bonds. The van der Waals surface area contributed by atoms with Crippen LogP contribution in [0.1, 0.15) is 5.56 Å². The molecule has 16 heavy (non-hydrogen) atoms. The Labute approximate surface area is 93.4 Å². The van der Waals surface area contributed by atoms with Gasteiger partial charge in [-0.3, -0.25) is 14.7 Å². The number of nitrogens with zero attached hydrogens (tertiary/aromatic N) is 2. The van der Waals surface area contributed by atoms with Crippen molar-refractivity contribution in [2.24, 2.45) is 0 Å². The first-order valence-corrected chi connectivity index (χ1v) is 5.17. The van der Waals surface area contributed by atoms with Crippen LogP contribution in [0.2, 0.25) is 0 Å². The van der Waals surface area contributed by atoms with E-state index < -0.39 is 0 Å². The number of carbonyl (C=O) groups excluding carboxylic acids is 1. The molecule has 0 aliphatic carbocycles. The third-order valence-electron chi connectivity index (χ3n) is 2.73. The molecule has 0 fully saturated rings. The topological polar surface area (TPSA) is 33.2 Å². The minimum atomic E-state index is 0.106. The van der Waals surface area contributed by atoms with E-state index in [1.54, 1.807) is 17.3 Å². The van der Waals surface area contributed by atoms with Gasteiger partial charge in [-0.05, 0) is 23.8 Å². The fraction of sp³-hybridized carbons (Fsp3) is 0.0769. The van der Waals surface area contributed by atoms with Crippen LogP contribution in [-0.2, 0) is 11.2 Å². The van der Waals surface area contributed by atoms with Gasteiger partial charge >= 0.3 is 0 Å². The van der Waals surface area contributed by atoms with Crippen LogP contribution in [0.25, 0.3) is 0 Å². The highest BCUT2D eigenvalue weighted by molar-refractivity contribution is 6.07. The fourth-order valence-electron chi connectivity index (χ4n) is 2.00. The summed E-state index contributed by atoms with van der Waals surface area (Å²) in [7, 11) is 0. The number of amides is 1. The van der Waals surface area contributed by atoms with E-state index in [2.05, 4.69) is 4.98 Å². The quantitative estimate of drug-likeness (QED) is 0.723. The molecule has 0 atom stereocenters. The Balaban J connectivity index is 2.13. The molecule has 0 N–H and O–H groups in total. The van der Waals surface area contributed by atoms with Crippen molar-refractivity contribution in [1.29, 1.82) is 0 Å². The van der Waals surface area contributed by atoms with Crippen molar-refractivity contribution < 1.29 is 4.79 Å². The molecule has 0 saturated carbocycles. The predicted molar refractivity (Wildman–Crippen MR) is 61.5 cm³/mol. The zero-order chi connectivity index (χ0) is 11.0. The number of aromatic nitrogens is 1. The molecule has 78 valence electrons. The summed E-state index contributed by atoms with van der Waals surface area (Å²) in [5, 5.41) is 0. The van der Waals surface area contributed by atoms with E-state index >= 15 is 0 Å². The monoisotopic (exact) mass is 210 g/mol. The summed E-state index contributed by atoms with van der Waals surface area (Å²) in [4.78, 5) is 17.7. The first kappa shape index (κ1) is 9.09. The van der Waals surface area contributed by atoms with Gasteiger partial charge in [-0.25, -0.2) is 0 Å². The number of hydrogen-bond acceptors (Lipinski definition) is 2. The van der Waals surface area contributed by atoms with Gasteiger partial charge < -0.3 is 0 Å². The van der Waals surface area contributed by atoms with E-state index in [1.807, 2.05) is 36.4 Å². The molecule has 1 aromatic heterocycles. The minimum absolute atomic E-state index is 0.106. The summed E-state index contributed by atoms with van der Waals surface area (Å²) in [5.74, 6) is 0.106. The molecule has 2 heterocycles. The Morgan fingerprint density at radius 1 is 1.12 bits per heavy atom. The van der Waals surface area contributed by atoms with E-state index in [0.29, 0.717) is 6.42 Å². The second kappa shape index (κ2) is 3.45. The highest BCUT2D eigenvalue weighted by Crippen LogP contribution is 2.33. The zero-order valence-corrected chi connectivity index (χ0v) is 8.63. The Bertz CT molecular complexity index is 537. The molecule has 1 aromatic carbocycles. The van der Waals surface area contributed by atoms with Gasteiger partial charge in [0.25, 0.3) is 0 Å². The summed E-state index contributed by atoms with van der Waals surface area (Å²) >= 11 is 0. The lowest BCUT2D eigenvalue weighted by Gasteiger charge is -2.16. The number of pyridine rings is 1. The number of anilines is 2. The lowest BCUT2D eigenvalue weighted by molar-refractivity contribution is -0.116. The van der Waals surface area contributed by atoms with Crippen LogP contribution >= 0.6 is 0 Å². The molecule has 0 unspecified atom stereocenters. The van der Waals surface area contributed by atoms with Crippen LogP contribution in [0, 0.1) is 0 Å². The van der Waals surface area contributed by atoms with Crippen molar-refractivity contribution in [2.45, 2.75) is 6.42 Å². The average molecular weight is 210 g/mol. The molecule has 3 nitrogen and oxygen atoms in total. The molecule has 0 saturated heterocycles. The van der Waals surface area contributed by atoms with E-state index in [9.17, 15) is 4.79 Å². The SMILES string of the molecule is O=C1Cc2ccncc2N1c1ccccc1. The number of fused-ring (bicyclic) bond motifs is 1. The molecule has 1 aliphatic rings. The number of benzene rings is 1. The van der Waals surface area contributed by atoms with Crippen molar-refractivity contribution in [2.75, 3.05) is 4.90 Å². The number of para-hydroxylation sites is 1. The Hall–Kier alpha value is -2.16. The summed E-state index contributed by atoms with van der Waals surface area (Å²) in [6.07, 6.45) is 3.93. The fourth-order valence-corrected chi connectivity index (χ4v) is 2.00. The first-order chi connectivity index (χ1) is 7.86. The van der Waals surface area contributed by atoms with E-state index in [-0.39, 0.29) is 5.91 Å². The molecular formula is C13H10N2O. The van der Waals surface area contributed by atoms with Crippen molar-refractivity contribution >= 4 is 17.3 Å². The lowest BCUT2D eigenvalue weighted by Crippen LogP contribution is -2.20. The van der Waals surface area contributed by atoms with Crippen LogP contribution in [-0.4, -0.2) is 10.9 Å². The molecule has 0 bridgehead atoms. The summed E-state index contributed by atoms with van der Waals surface area (Å²) in [6, 6.07) is 11.6. The predicted octanol–water partition coefficient (Wildman–Crippen LogP) is 2.30. The maximum atomic E-state index is 11.9. The van der Waals surface area contributed by atoms with Crippen LogP contribution in [0.5, 0.6) is 0 Å². The molecule has 0 spiro atoms. The van der Waals surface area contributed by atoms with Crippen LogP contribution in [0.3, 0.4) is 0 Å². The van der Waals surface area contributed by atoms with Crippen molar-refractivity contribution in [3.63, 3.8) is 0 Å². The summed E-state index contributed by atoms with van der Waals surface area (Å²) in [5.41, 5.74) is 2.85. The lowest BCUT2D eigenvalue weighted by atomic mass is 10.2. The van der Waals surface area contributed by atoms with Crippen molar-refractivity contribution in [3.05, 3.63) is 54.4 Å². The third-order valence-corrected chi connectivity index (χ3v) is 2.73. The highest BCUT2D eigenvalue weighted by Gasteiger charge is 2.28. The minimum Gasteiger partial charge on any atom is -0.279 e. The van der Waals surface area contributed by atoms with Crippen LogP contribution in [0.15, 0.2) is 48.8 Å². The second-order valence-corrected chi connectivity index (χ2v) is 3.75. The maximum absolute atomic E-state index is 11.9. The highest BCUT2D eigenvalue weighted by atomic mass is 16.2. The van der Waals surface area contributed by atoms with Gasteiger partial charge in [0.1, 0.15) is 0 Å². The third kappa shape index (κ3) is 1.29. The van der Waals surface area contributed by atoms with Crippen molar-refractivity contribution in [3.8, 4) is 0 Å². The van der Waals surface area contributed by atoms with E-state index in [4.69, 9.17) is 0 Å². The zero-order valence-electron chi connectivity index (χ0n) is 8.63. The molecule has 3 rings (SSSR count). The first-order valence-electron chi connectivity index (χ1n) is 5.17. The Morgan fingerprint density at radius 2 is 1.94 bits per heavy atom.